The molecular formula is C7H10N4O2. The van der Waals surface area contributed by atoms with Gasteiger partial charge in [-0.05, 0) is 0 Å². The van der Waals surface area contributed by atoms with Gasteiger partial charge in [0, 0.05) is 12.6 Å². The maximum absolute atomic E-state index is 10.9. The zero-order chi connectivity index (χ0) is 9.84. The van der Waals surface area contributed by atoms with E-state index in [9.17, 15) is 9.59 Å². The van der Waals surface area contributed by atoms with Crippen molar-refractivity contribution in [2.24, 2.45) is 0 Å². The Morgan fingerprint density at radius 2 is 2.46 bits per heavy atom. The van der Waals surface area contributed by atoms with Crippen molar-refractivity contribution in [2.45, 2.75) is 13.3 Å². The van der Waals surface area contributed by atoms with E-state index in [1.807, 2.05) is 0 Å². The molecule has 0 unspecified atom stereocenters. The monoisotopic (exact) mass is 182 g/mol. The molecule has 6 nitrogen and oxygen atoms in total. The highest BCUT2D eigenvalue weighted by molar-refractivity contribution is 5.92. The van der Waals surface area contributed by atoms with Crippen LogP contribution in [0, 0.1) is 0 Å². The number of carbonyl (C=O) groups excluding carboxylic acids is 1. The Morgan fingerprint density at radius 1 is 1.77 bits per heavy atom. The van der Waals surface area contributed by atoms with E-state index in [4.69, 9.17) is 5.73 Å². The Kier molecular flexibility index (Phi) is 2.63. The third kappa shape index (κ3) is 2.29. The van der Waals surface area contributed by atoms with Gasteiger partial charge in [-0.2, -0.15) is 4.98 Å². The molecular weight excluding hydrogens is 172 g/mol. The summed E-state index contributed by atoms with van der Waals surface area (Å²) in [7, 11) is 0. The van der Waals surface area contributed by atoms with Gasteiger partial charge >= 0.3 is 5.69 Å². The van der Waals surface area contributed by atoms with E-state index in [1.165, 1.54) is 6.20 Å². The summed E-state index contributed by atoms with van der Waals surface area (Å²) < 4.78 is 0. The smallest absolute Gasteiger partial charge is 0.346 e. The standard InChI is InChI=1S/C7H10N4O2/c1-2-5(12)10-4-3-9-7(13)11-6(4)8/h3H,2H2,1H3,(H,10,12)(H3,8,9,11,13). The topological polar surface area (TPSA) is 101 Å². The average molecular weight is 182 g/mol. The van der Waals surface area contributed by atoms with E-state index in [-0.39, 0.29) is 11.7 Å². The number of nitrogens with zero attached hydrogens (tertiary/aromatic N) is 1. The predicted molar refractivity (Wildman–Crippen MR) is 48.2 cm³/mol. The number of nitrogen functional groups attached to an aromatic ring is 1. The van der Waals surface area contributed by atoms with E-state index >= 15 is 0 Å². The van der Waals surface area contributed by atoms with Gasteiger partial charge < -0.3 is 16.0 Å². The van der Waals surface area contributed by atoms with Gasteiger partial charge in [0.05, 0.1) is 0 Å². The minimum atomic E-state index is -0.535. The summed E-state index contributed by atoms with van der Waals surface area (Å²) in [5.74, 6) is -0.161. The highest BCUT2D eigenvalue weighted by atomic mass is 16.2. The Morgan fingerprint density at radius 3 is 3.00 bits per heavy atom. The molecule has 1 heterocycles. The number of hydrogen-bond acceptors (Lipinski definition) is 4. The van der Waals surface area contributed by atoms with E-state index in [0.717, 1.165) is 0 Å². The minimum absolute atomic E-state index is 0.0190. The number of H-pyrrole nitrogens is 1. The van der Waals surface area contributed by atoms with Gasteiger partial charge in [0.15, 0.2) is 5.82 Å². The fourth-order valence-corrected chi connectivity index (χ4v) is 0.748. The summed E-state index contributed by atoms with van der Waals surface area (Å²) >= 11 is 0. The van der Waals surface area contributed by atoms with Crippen molar-refractivity contribution >= 4 is 17.4 Å². The molecule has 1 aromatic heterocycles. The predicted octanol–water partition coefficient (Wildman–Crippen LogP) is -0.299. The molecule has 1 aromatic rings. The molecule has 13 heavy (non-hydrogen) atoms. The van der Waals surface area contributed by atoms with E-state index < -0.39 is 5.69 Å². The van der Waals surface area contributed by atoms with Gasteiger partial charge in [-0.3, -0.25) is 4.79 Å². The number of carbonyl (C=O) groups is 1. The van der Waals surface area contributed by atoms with Crippen LogP contribution in [0.2, 0.25) is 0 Å². The van der Waals surface area contributed by atoms with Crippen LogP contribution >= 0.6 is 0 Å². The molecule has 1 amide bonds. The lowest BCUT2D eigenvalue weighted by Gasteiger charge is -2.03. The molecule has 70 valence electrons. The summed E-state index contributed by atoms with van der Waals surface area (Å²) in [6.45, 7) is 1.71. The molecule has 0 saturated heterocycles. The number of hydrogen-bond donors (Lipinski definition) is 3. The van der Waals surface area contributed by atoms with Crippen molar-refractivity contribution in [1.29, 1.82) is 0 Å². The largest absolute Gasteiger partial charge is 0.382 e. The van der Waals surface area contributed by atoms with Crippen molar-refractivity contribution in [1.82, 2.24) is 9.97 Å². The molecule has 0 aliphatic carbocycles. The number of nitrogens with two attached hydrogens (primary N) is 1. The summed E-state index contributed by atoms with van der Waals surface area (Å²) in [6.07, 6.45) is 1.66. The van der Waals surface area contributed by atoms with Gasteiger partial charge in [-0.1, -0.05) is 6.92 Å². The van der Waals surface area contributed by atoms with Crippen LogP contribution in [0.4, 0.5) is 11.5 Å². The Bertz CT molecular complexity index is 371. The van der Waals surface area contributed by atoms with Crippen molar-refractivity contribution in [3.63, 3.8) is 0 Å². The van der Waals surface area contributed by atoms with E-state index in [1.54, 1.807) is 6.92 Å². The van der Waals surface area contributed by atoms with Crippen LogP contribution in [0.3, 0.4) is 0 Å². The molecule has 0 bridgehead atoms. The third-order valence-electron chi connectivity index (χ3n) is 1.43. The quantitative estimate of drug-likeness (QED) is 0.584. The van der Waals surface area contributed by atoms with Crippen LogP contribution in [-0.4, -0.2) is 15.9 Å². The normalized spacial score (nSPS) is 9.62. The van der Waals surface area contributed by atoms with Crippen molar-refractivity contribution in [2.75, 3.05) is 11.1 Å². The zero-order valence-electron chi connectivity index (χ0n) is 7.13. The van der Waals surface area contributed by atoms with Gasteiger partial charge in [-0.25, -0.2) is 4.79 Å². The van der Waals surface area contributed by atoms with Crippen molar-refractivity contribution in [3.8, 4) is 0 Å². The number of rotatable bonds is 2. The first-order chi connectivity index (χ1) is 6.13. The summed E-state index contributed by atoms with van der Waals surface area (Å²) in [5.41, 5.74) is 5.17. The molecule has 0 fully saturated rings. The van der Waals surface area contributed by atoms with Crippen LogP contribution in [0.15, 0.2) is 11.0 Å². The summed E-state index contributed by atoms with van der Waals surface area (Å²) in [5, 5.41) is 2.49. The van der Waals surface area contributed by atoms with E-state index in [2.05, 4.69) is 15.3 Å². The van der Waals surface area contributed by atoms with Crippen LogP contribution in [0.5, 0.6) is 0 Å². The highest BCUT2D eigenvalue weighted by Gasteiger charge is 2.03. The van der Waals surface area contributed by atoms with Gasteiger partial charge in [0.2, 0.25) is 5.91 Å². The first-order valence-corrected chi connectivity index (χ1v) is 3.78. The second-order valence-electron chi connectivity index (χ2n) is 2.41. The zero-order valence-corrected chi connectivity index (χ0v) is 7.13. The van der Waals surface area contributed by atoms with Crippen LogP contribution in [-0.2, 0) is 4.79 Å². The molecule has 0 aliphatic rings. The molecule has 0 atom stereocenters. The summed E-state index contributed by atoms with van der Waals surface area (Å²) in [4.78, 5) is 27.3. The second-order valence-corrected chi connectivity index (χ2v) is 2.41. The van der Waals surface area contributed by atoms with Gasteiger partial charge in [-0.15, -0.1) is 0 Å². The molecule has 0 spiro atoms. The number of aromatic nitrogens is 2. The lowest BCUT2D eigenvalue weighted by molar-refractivity contribution is -0.115. The SMILES string of the molecule is CCC(=O)Nc1c[nH]c(=O)nc1N. The second kappa shape index (κ2) is 3.70. The van der Waals surface area contributed by atoms with Crippen LogP contribution < -0.4 is 16.7 Å². The number of aromatic amines is 1. The van der Waals surface area contributed by atoms with Crippen LogP contribution in [0.25, 0.3) is 0 Å². The lowest BCUT2D eigenvalue weighted by atomic mass is 10.4. The maximum atomic E-state index is 10.9. The van der Waals surface area contributed by atoms with Crippen molar-refractivity contribution in [3.05, 3.63) is 16.7 Å². The average Bonchev–Trinajstić information content (AvgIpc) is 2.09. The Labute approximate surface area is 74.2 Å². The molecule has 4 N–H and O–H groups in total. The van der Waals surface area contributed by atoms with Gasteiger partial charge in [0.1, 0.15) is 5.69 Å². The molecule has 1 rings (SSSR count). The Hall–Kier alpha value is -1.85. The fourth-order valence-electron chi connectivity index (χ4n) is 0.748. The molecule has 0 radical (unpaired) electrons. The fraction of sp³-hybridized carbons (Fsp3) is 0.286. The first-order valence-electron chi connectivity index (χ1n) is 3.78. The number of amides is 1. The first kappa shape index (κ1) is 9.24. The molecule has 0 aliphatic heterocycles. The maximum Gasteiger partial charge on any atom is 0.346 e. The Balaban J connectivity index is 2.90. The highest BCUT2D eigenvalue weighted by Crippen LogP contribution is 2.10. The minimum Gasteiger partial charge on any atom is -0.382 e. The van der Waals surface area contributed by atoms with E-state index in [0.29, 0.717) is 12.1 Å². The third-order valence-corrected chi connectivity index (χ3v) is 1.43. The summed E-state index contributed by atoms with van der Waals surface area (Å²) in [6, 6.07) is 0. The molecule has 6 heteroatoms. The van der Waals surface area contributed by atoms with Crippen molar-refractivity contribution < 1.29 is 4.79 Å². The lowest BCUT2D eigenvalue weighted by Crippen LogP contribution is -2.17. The van der Waals surface area contributed by atoms with Gasteiger partial charge in [0.25, 0.3) is 0 Å². The molecule has 0 saturated carbocycles. The number of nitrogens with one attached hydrogen (secondary N) is 2. The number of anilines is 2. The van der Waals surface area contributed by atoms with Crippen LogP contribution in [0.1, 0.15) is 13.3 Å². The molecule has 0 aromatic carbocycles.